The summed E-state index contributed by atoms with van der Waals surface area (Å²) in [6.45, 7) is -1.65. The number of aliphatic hydroxyl groups excluding tert-OH is 5. The molecule has 0 bridgehead atoms. The van der Waals surface area contributed by atoms with Crippen molar-refractivity contribution in [1.29, 1.82) is 0 Å². The molecule has 45 heavy (non-hydrogen) atoms. The molecule has 0 amide bonds. The third-order valence-electron chi connectivity index (χ3n) is 7.41. The summed E-state index contributed by atoms with van der Waals surface area (Å²) in [7, 11) is -9.69. The van der Waals surface area contributed by atoms with Crippen LogP contribution >= 0.6 is 15.2 Å². The number of pyridine rings is 1. The zero-order valence-corrected chi connectivity index (χ0v) is 25.1. The summed E-state index contributed by atoms with van der Waals surface area (Å²) >= 11 is 0. The fourth-order valence-electron chi connectivity index (χ4n) is 5.01. The maximum Gasteiger partial charge on any atom is 0.340 e. The lowest BCUT2D eigenvalue weighted by molar-refractivity contribution is -0.737. The van der Waals surface area contributed by atoms with Crippen LogP contribution in [0.3, 0.4) is 0 Å². The summed E-state index contributed by atoms with van der Waals surface area (Å²) < 4.78 is 49.1. The van der Waals surface area contributed by atoms with E-state index in [2.05, 4.69) is 15.0 Å². The Balaban J connectivity index is 1.14. The number of aromatic nitrogens is 5. The fraction of sp³-hybridized carbons (Fsp3) is 0.565. The van der Waals surface area contributed by atoms with Crippen molar-refractivity contribution >= 4 is 32.2 Å². The summed E-state index contributed by atoms with van der Waals surface area (Å²) in [5.74, 6) is -1.29. The number of imidazole rings is 1. The first-order valence-electron chi connectivity index (χ1n) is 13.5. The van der Waals surface area contributed by atoms with Crippen LogP contribution in [0.4, 0.5) is 5.82 Å². The van der Waals surface area contributed by atoms with Gasteiger partial charge in [-0.3, -0.25) is 13.7 Å². The molecule has 3 aromatic rings. The minimum absolute atomic E-state index is 0.0719. The number of anilines is 1. The highest BCUT2D eigenvalue weighted by Crippen LogP contribution is 2.58. The molecule has 11 unspecified atom stereocenters. The Hall–Kier alpha value is -2.52. The van der Waals surface area contributed by atoms with Gasteiger partial charge in [0, 0.05) is 6.07 Å². The minimum atomic E-state index is -4.85. The maximum absolute atomic E-state index is 12.7. The fourth-order valence-corrected chi connectivity index (χ4v) is 8.23. The van der Waals surface area contributed by atoms with Crippen LogP contribution in [0, 0.1) is 0 Å². The third-order valence-corrected chi connectivity index (χ3v) is 11.4. The largest absolute Gasteiger partial charge is 0.387 e. The molecule has 11 N–H and O–H groups in total. The Morgan fingerprint density at radius 1 is 1.02 bits per heavy atom. The van der Waals surface area contributed by atoms with Crippen LogP contribution in [0.1, 0.15) is 24.1 Å². The number of rotatable bonds is 11. The smallest absolute Gasteiger partial charge is 0.340 e. The molecular formula is C23H34N7O13P2+. The van der Waals surface area contributed by atoms with Gasteiger partial charge in [-0.25, -0.2) is 15.0 Å². The molecule has 0 aromatic carbocycles. The minimum Gasteiger partial charge on any atom is -0.387 e. The summed E-state index contributed by atoms with van der Waals surface area (Å²) in [5.41, 5.74) is 12.0. The molecule has 11 atom stereocenters. The summed E-state index contributed by atoms with van der Waals surface area (Å²) in [5, 5.41) is 51.8. The standard InChI is InChI=1S/C23H33N7O13P2/c24-20-15-22(27-8-26-20)30(9-28-15)23-19(34)18(33)14(43-23)7-42-45(38,39)10-44(36,37)41-6-13-17(32)16(31)12(5-40-13)29-3-1-2-11(4-29)21(25)35/h1-4,8-9,12-14,16-19,21,23,31-35H,5-7,10,25H2,(H3-,24,26,27,36,37,38,39)/p+1. The molecule has 3 aromatic heterocycles. The van der Waals surface area contributed by atoms with Gasteiger partial charge in [-0.1, -0.05) is 0 Å². The first-order chi connectivity index (χ1) is 21.2. The van der Waals surface area contributed by atoms with Gasteiger partial charge in [0.05, 0.1) is 25.1 Å². The first kappa shape index (κ1) is 33.8. The van der Waals surface area contributed by atoms with Gasteiger partial charge >= 0.3 is 15.2 Å². The van der Waals surface area contributed by atoms with E-state index in [1.807, 2.05) is 0 Å². The van der Waals surface area contributed by atoms with Crippen molar-refractivity contribution in [3.8, 4) is 0 Å². The van der Waals surface area contributed by atoms with Gasteiger partial charge in [-0.2, -0.15) is 4.57 Å². The second-order valence-corrected chi connectivity index (χ2v) is 14.8. The molecule has 248 valence electrons. The normalized spacial score (nSPS) is 32.3. The molecule has 5 rings (SSSR count). The Kier molecular flexibility index (Phi) is 10.0. The molecule has 0 saturated carbocycles. The zero-order chi connectivity index (χ0) is 32.7. The highest BCUT2D eigenvalue weighted by molar-refractivity contribution is 7.70. The van der Waals surface area contributed by atoms with Crippen LogP contribution in [0.25, 0.3) is 11.2 Å². The predicted molar refractivity (Wildman–Crippen MR) is 149 cm³/mol. The first-order valence-corrected chi connectivity index (χ1v) is 17.0. The summed E-state index contributed by atoms with van der Waals surface area (Å²) in [4.78, 5) is 32.4. The number of nitrogens with zero attached hydrogens (tertiary/aromatic N) is 5. The van der Waals surface area contributed by atoms with E-state index in [4.69, 9.17) is 30.0 Å². The number of hydrogen-bond donors (Lipinski definition) is 9. The monoisotopic (exact) mass is 678 g/mol. The van der Waals surface area contributed by atoms with E-state index in [1.54, 1.807) is 18.3 Å². The van der Waals surface area contributed by atoms with Gasteiger partial charge in [0.25, 0.3) is 0 Å². The average molecular weight is 679 g/mol. The van der Waals surface area contributed by atoms with E-state index < -0.39 is 89.4 Å². The molecule has 22 heteroatoms. The average Bonchev–Trinajstić information content (AvgIpc) is 3.53. The molecule has 2 aliphatic rings. The van der Waals surface area contributed by atoms with Gasteiger partial charge in [-0.15, -0.1) is 0 Å². The molecule has 0 radical (unpaired) electrons. The Morgan fingerprint density at radius 3 is 2.38 bits per heavy atom. The number of ether oxygens (including phenoxy) is 2. The van der Waals surface area contributed by atoms with Crippen LogP contribution in [-0.4, -0.2) is 117 Å². The summed E-state index contributed by atoms with van der Waals surface area (Å²) in [6.07, 6.45) is -5.81. The van der Waals surface area contributed by atoms with E-state index >= 15 is 0 Å². The van der Waals surface area contributed by atoms with Crippen LogP contribution in [-0.2, 0) is 27.7 Å². The van der Waals surface area contributed by atoms with Crippen molar-refractivity contribution < 1.29 is 67.5 Å². The Labute approximate surface area is 254 Å². The molecule has 2 aliphatic heterocycles. The Morgan fingerprint density at radius 2 is 1.69 bits per heavy atom. The predicted octanol–water partition coefficient (Wildman–Crippen LogP) is -3.01. The van der Waals surface area contributed by atoms with Crippen molar-refractivity contribution in [2.75, 3.05) is 31.5 Å². The molecule has 5 heterocycles. The van der Waals surface area contributed by atoms with Gasteiger partial charge in [0.2, 0.25) is 6.04 Å². The summed E-state index contributed by atoms with van der Waals surface area (Å²) in [6, 6.07) is 2.34. The number of fused-ring (bicyclic) bond motifs is 1. The van der Waals surface area contributed by atoms with Crippen LogP contribution < -0.4 is 16.0 Å². The lowest BCUT2D eigenvalue weighted by atomic mass is 9.98. The van der Waals surface area contributed by atoms with E-state index in [0.717, 1.165) is 0 Å². The van der Waals surface area contributed by atoms with E-state index in [1.165, 1.54) is 28.0 Å². The lowest BCUT2D eigenvalue weighted by Crippen LogP contribution is -2.59. The van der Waals surface area contributed by atoms with Crippen molar-refractivity contribution in [2.45, 2.75) is 55.1 Å². The van der Waals surface area contributed by atoms with Gasteiger partial charge in [0.15, 0.2) is 36.0 Å². The van der Waals surface area contributed by atoms with E-state index in [0.29, 0.717) is 5.56 Å². The highest BCUT2D eigenvalue weighted by Gasteiger charge is 2.47. The second kappa shape index (κ2) is 13.3. The SMILES string of the molecule is Nc1ncnc2c1ncn2C1OC(COP(=O)(O)CP(=O)(O)OCC2OCC([n+]3cccc(C(N)O)c3)C(O)C2O)C(O)C1O. The van der Waals surface area contributed by atoms with Gasteiger partial charge in [0.1, 0.15) is 61.3 Å². The van der Waals surface area contributed by atoms with Gasteiger partial charge in [-0.05, 0) is 6.07 Å². The third kappa shape index (κ3) is 7.40. The molecule has 20 nitrogen and oxygen atoms in total. The second-order valence-electron chi connectivity index (χ2n) is 10.6. The van der Waals surface area contributed by atoms with Crippen LogP contribution in [0.5, 0.6) is 0 Å². The molecule has 2 saturated heterocycles. The molecular weight excluding hydrogens is 644 g/mol. The number of aliphatic hydroxyl groups is 5. The quantitative estimate of drug-likeness (QED) is 0.0554. The van der Waals surface area contributed by atoms with Crippen LogP contribution in [0.15, 0.2) is 37.2 Å². The van der Waals surface area contributed by atoms with Crippen molar-refractivity contribution in [1.82, 2.24) is 19.5 Å². The number of hydrogen-bond acceptors (Lipinski definition) is 16. The lowest BCUT2D eigenvalue weighted by Gasteiger charge is -2.34. The topological polar surface area (TPSA) is 312 Å². The van der Waals surface area contributed by atoms with Crippen molar-refractivity contribution in [2.24, 2.45) is 5.73 Å². The maximum atomic E-state index is 12.7. The Bertz CT molecular complexity index is 1600. The van der Waals surface area contributed by atoms with E-state index in [-0.39, 0.29) is 23.6 Å². The van der Waals surface area contributed by atoms with Crippen molar-refractivity contribution in [3.63, 3.8) is 0 Å². The molecule has 2 fully saturated rings. The number of nitrogens with two attached hydrogens (primary N) is 2. The van der Waals surface area contributed by atoms with Crippen molar-refractivity contribution in [3.05, 3.63) is 42.7 Å². The van der Waals surface area contributed by atoms with Gasteiger partial charge < -0.3 is 65.3 Å². The van der Waals surface area contributed by atoms with E-state index in [9.17, 15) is 44.4 Å². The number of nitrogen functional groups attached to an aromatic ring is 1. The van der Waals surface area contributed by atoms with Crippen LogP contribution in [0.2, 0.25) is 0 Å². The highest BCUT2D eigenvalue weighted by atomic mass is 31.2. The zero-order valence-electron chi connectivity index (χ0n) is 23.4. The molecule has 0 aliphatic carbocycles. The molecule has 0 spiro atoms.